The van der Waals surface area contributed by atoms with Crippen molar-refractivity contribution in [3.63, 3.8) is 0 Å². The van der Waals surface area contributed by atoms with Crippen LogP contribution in [0.2, 0.25) is 0 Å². The van der Waals surface area contributed by atoms with E-state index < -0.39 is 0 Å². The number of aliphatic hydroxyl groups excluding tert-OH is 1. The van der Waals surface area contributed by atoms with Crippen LogP contribution in [0.1, 0.15) is 43.5 Å². The van der Waals surface area contributed by atoms with Crippen molar-refractivity contribution in [3.05, 3.63) is 29.8 Å². The number of hydrogen-bond donors (Lipinski definition) is 2. The highest BCUT2D eigenvalue weighted by atomic mass is 16.3. The van der Waals surface area contributed by atoms with E-state index in [-0.39, 0.29) is 18.6 Å². The molecule has 1 aliphatic heterocycles. The molecule has 0 saturated carbocycles. The number of nitrogens with zero attached hydrogens (tertiary/aromatic N) is 1. The Morgan fingerprint density at radius 1 is 1.48 bits per heavy atom. The largest absolute Gasteiger partial charge is 0.394 e. The molecule has 2 atom stereocenters. The summed E-state index contributed by atoms with van der Waals surface area (Å²) in [6.07, 6.45) is 2.98. The lowest BCUT2D eigenvalue weighted by atomic mass is 10.1. The van der Waals surface area contributed by atoms with Gasteiger partial charge >= 0.3 is 0 Å². The van der Waals surface area contributed by atoms with Crippen molar-refractivity contribution in [3.8, 4) is 0 Å². The first-order chi connectivity index (χ1) is 10.2. The van der Waals surface area contributed by atoms with Crippen LogP contribution in [0.3, 0.4) is 0 Å². The van der Waals surface area contributed by atoms with Crippen molar-refractivity contribution in [1.82, 2.24) is 4.90 Å². The predicted molar refractivity (Wildman–Crippen MR) is 85.5 cm³/mol. The number of anilines is 1. The molecule has 2 N–H and O–H groups in total. The van der Waals surface area contributed by atoms with E-state index in [1.807, 2.05) is 29.2 Å². The SMILES string of the molecule is CCC(C)CNc1ccccc1C(=O)N1CCCC1CO. The summed E-state index contributed by atoms with van der Waals surface area (Å²) in [6.45, 7) is 6.02. The summed E-state index contributed by atoms with van der Waals surface area (Å²) in [5, 5.41) is 12.8. The van der Waals surface area contributed by atoms with Crippen molar-refractivity contribution in [2.75, 3.05) is 25.0 Å². The monoisotopic (exact) mass is 290 g/mol. The molecule has 0 radical (unpaired) electrons. The molecule has 4 nitrogen and oxygen atoms in total. The van der Waals surface area contributed by atoms with Crippen LogP contribution in [0.4, 0.5) is 5.69 Å². The topological polar surface area (TPSA) is 52.6 Å². The Morgan fingerprint density at radius 2 is 2.24 bits per heavy atom. The zero-order chi connectivity index (χ0) is 15.2. The minimum atomic E-state index is -0.0277. The molecule has 4 heteroatoms. The molecule has 1 saturated heterocycles. The molecule has 1 aromatic carbocycles. The highest BCUT2D eigenvalue weighted by molar-refractivity contribution is 5.99. The standard InChI is InChI=1S/C17H26N2O2/c1-3-13(2)11-18-16-9-5-4-8-15(16)17(21)19-10-6-7-14(19)12-20/h4-5,8-9,13-14,18,20H,3,6-7,10-12H2,1-2H3. The molecule has 0 aliphatic carbocycles. The second-order valence-electron chi connectivity index (χ2n) is 5.92. The first-order valence-electron chi connectivity index (χ1n) is 7.92. The molecule has 0 spiro atoms. The van der Waals surface area contributed by atoms with Crippen LogP contribution < -0.4 is 5.32 Å². The summed E-state index contributed by atoms with van der Waals surface area (Å²) < 4.78 is 0. The van der Waals surface area contributed by atoms with Crippen molar-refractivity contribution in [2.24, 2.45) is 5.92 Å². The van der Waals surface area contributed by atoms with Crippen molar-refractivity contribution in [2.45, 2.75) is 39.2 Å². The fourth-order valence-corrected chi connectivity index (χ4v) is 2.70. The maximum atomic E-state index is 12.7. The third-order valence-electron chi connectivity index (χ3n) is 4.34. The number of para-hydroxylation sites is 1. The van der Waals surface area contributed by atoms with Crippen LogP contribution >= 0.6 is 0 Å². The predicted octanol–water partition coefficient (Wildman–Crippen LogP) is 2.74. The third kappa shape index (κ3) is 3.76. The number of amides is 1. The number of carbonyl (C=O) groups is 1. The van der Waals surface area contributed by atoms with Crippen LogP contribution in [-0.4, -0.2) is 41.7 Å². The van der Waals surface area contributed by atoms with Crippen LogP contribution in [0.25, 0.3) is 0 Å². The fraction of sp³-hybridized carbons (Fsp3) is 0.588. The van der Waals surface area contributed by atoms with Gasteiger partial charge in [0.15, 0.2) is 0 Å². The van der Waals surface area contributed by atoms with Gasteiger partial charge in [-0.05, 0) is 30.9 Å². The maximum Gasteiger partial charge on any atom is 0.256 e. The van der Waals surface area contributed by atoms with Gasteiger partial charge in [-0.3, -0.25) is 4.79 Å². The Morgan fingerprint density at radius 3 is 2.95 bits per heavy atom. The number of aliphatic hydroxyl groups is 1. The summed E-state index contributed by atoms with van der Waals surface area (Å²) >= 11 is 0. The van der Waals surface area contributed by atoms with Gasteiger partial charge in [-0.1, -0.05) is 32.4 Å². The molecular formula is C17H26N2O2. The molecule has 1 aromatic rings. The molecular weight excluding hydrogens is 264 g/mol. The minimum Gasteiger partial charge on any atom is -0.394 e. The number of hydrogen-bond acceptors (Lipinski definition) is 3. The third-order valence-corrected chi connectivity index (χ3v) is 4.34. The highest BCUT2D eigenvalue weighted by Crippen LogP contribution is 2.24. The Kier molecular flexibility index (Phi) is 5.62. The number of carbonyl (C=O) groups excluding carboxylic acids is 1. The van der Waals surface area contributed by atoms with Gasteiger partial charge in [-0.15, -0.1) is 0 Å². The van der Waals surface area contributed by atoms with Crippen molar-refractivity contribution < 1.29 is 9.90 Å². The van der Waals surface area contributed by atoms with E-state index in [0.29, 0.717) is 11.5 Å². The van der Waals surface area contributed by atoms with E-state index in [0.717, 1.165) is 38.0 Å². The average molecular weight is 290 g/mol. The smallest absolute Gasteiger partial charge is 0.256 e. The molecule has 0 bridgehead atoms. The van der Waals surface area contributed by atoms with E-state index in [4.69, 9.17) is 0 Å². The number of likely N-dealkylation sites (tertiary alicyclic amines) is 1. The molecule has 0 aromatic heterocycles. The molecule has 1 fully saturated rings. The Hall–Kier alpha value is -1.55. The summed E-state index contributed by atoms with van der Waals surface area (Å²) in [7, 11) is 0. The van der Waals surface area contributed by atoms with Gasteiger partial charge in [-0.2, -0.15) is 0 Å². The first-order valence-corrected chi connectivity index (χ1v) is 7.92. The van der Waals surface area contributed by atoms with Crippen molar-refractivity contribution in [1.29, 1.82) is 0 Å². The Balaban J connectivity index is 2.13. The van der Waals surface area contributed by atoms with E-state index in [1.54, 1.807) is 0 Å². The minimum absolute atomic E-state index is 0.0267. The van der Waals surface area contributed by atoms with E-state index in [2.05, 4.69) is 19.2 Å². The lowest BCUT2D eigenvalue weighted by Crippen LogP contribution is -2.38. The van der Waals surface area contributed by atoms with Gasteiger partial charge in [-0.25, -0.2) is 0 Å². The molecule has 116 valence electrons. The van der Waals surface area contributed by atoms with E-state index >= 15 is 0 Å². The Labute approximate surface area is 127 Å². The Bertz CT molecular complexity index is 476. The van der Waals surface area contributed by atoms with Gasteiger partial charge < -0.3 is 15.3 Å². The summed E-state index contributed by atoms with van der Waals surface area (Å²) in [5.41, 5.74) is 1.60. The number of benzene rings is 1. The van der Waals surface area contributed by atoms with E-state index in [1.165, 1.54) is 0 Å². The zero-order valence-electron chi connectivity index (χ0n) is 13.0. The fourth-order valence-electron chi connectivity index (χ4n) is 2.70. The normalized spacial score (nSPS) is 19.6. The van der Waals surface area contributed by atoms with Crippen LogP contribution in [-0.2, 0) is 0 Å². The summed E-state index contributed by atoms with van der Waals surface area (Å²) in [4.78, 5) is 14.5. The molecule has 2 rings (SSSR count). The average Bonchev–Trinajstić information content (AvgIpc) is 3.00. The second-order valence-corrected chi connectivity index (χ2v) is 5.92. The lowest BCUT2D eigenvalue weighted by molar-refractivity contribution is 0.0678. The second kappa shape index (κ2) is 7.46. The molecule has 1 aliphatic rings. The van der Waals surface area contributed by atoms with Gasteiger partial charge in [0.25, 0.3) is 5.91 Å². The molecule has 1 amide bonds. The first kappa shape index (κ1) is 15.8. The quantitative estimate of drug-likeness (QED) is 0.847. The summed E-state index contributed by atoms with van der Waals surface area (Å²) in [6, 6.07) is 7.64. The molecule has 21 heavy (non-hydrogen) atoms. The lowest BCUT2D eigenvalue weighted by Gasteiger charge is -2.24. The molecule has 1 heterocycles. The van der Waals surface area contributed by atoms with Crippen LogP contribution in [0.15, 0.2) is 24.3 Å². The highest BCUT2D eigenvalue weighted by Gasteiger charge is 2.29. The summed E-state index contributed by atoms with van der Waals surface area (Å²) in [5.74, 6) is 0.601. The van der Waals surface area contributed by atoms with Crippen LogP contribution in [0.5, 0.6) is 0 Å². The van der Waals surface area contributed by atoms with Gasteiger partial charge in [0.1, 0.15) is 0 Å². The number of nitrogens with one attached hydrogen (secondary N) is 1. The van der Waals surface area contributed by atoms with Gasteiger partial charge in [0.05, 0.1) is 18.2 Å². The van der Waals surface area contributed by atoms with Gasteiger partial charge in [0, 0.05) is 18.8 Å². The molecule has 2 unspecified atom stereocenters. The maximum absolute atomic E-state index is 12.7. The number of rotatable bonds is 6. The van der Waals surface area contributed by atoms with E-state index in [9.17, 15) is 9.90 Å². The zero-order valence-corrected chi connectivity index (χ0v) is 13.0. The van der Waals surface area contributed by atoms with Crippen molar-refractivity contribution >= 4 is 11.6 Å². The van der Waals surface area contributed by atoms with Crippen LogP contribution in [0, 0.1) is 5.92 Å². The van der Waals surface area contributed by atoms with Gasteiger partial charge in [0.2, 0.25) is 0 Å².